The fraction of sp³-hybridized carbons (Fsp3) is 0.571. The average molecular weight is 271 g/mol. The van der Waals surface area contributed by atoms with E-state index in [2.05, 4.69) is 12.2 Å². The second-order valence-electron chi connectivity index (χ2n) is 5.01. The van der Waals surface area contributed by atoms with Crippen molar-refractivity contribution in [3.63, 3.8) is 0 Å². The molecule has 0 aliphatic carbocycles. The van der Waals surface area contributed by atoms with E-state index in [9.17, 15) is 0 Å². The molecule has 1 aliphatic heterocycles. The highest BCUT2D eigenvalue weighted by atomic mass is 35.5. The largest absolute Gasteiger partial charge is 0.487 e. The molecule has 1 fully saturated rings. The molecule has 4 heteroatoms. The van der Waals surface area contributed by atoms with Gasteiger partial charge in [-0.2, -0.15) is 0 Å². The van der Waals surface area contributed by atoms with Crippen LogP contribution in [0.3, 0.4) is 0 Å². The van der Waals surface area contributed by atoms with Gasteiger partial charge in [-0.05, 0) is 37.1 Å². The number of ether oxygens (including phenoxy) is 1. The number of nitrogens with one attached hydrogen (secondary N) is 1. The molecule has 0 bridgehead atoms. The lowest BCUT2D eigenvalue weighted by Crippen LogP contribution is -3.20. The minimum absolute atomic E-state index is 0.789. The normalized spacial score (nSPS) is 16.8. The first-order valence-corrected chi connectivity index (χ1v) is 7.10. The summed E-state index contributed by atoms with van der Waals surface area (Å²) in [6, 6.07) is 3.89. The number of piperazine rings is 1. The molecular weight excluding hydrogens is 248 g/mol. The lowest BCUT2D eigenvalue weighted by molar-refractivity contribution is -0.946. The lowest BCUT2D eigenvalue weighted by atomic mass is 10.1. The summed E-state index contributed by atoms with van der Waals surface area (Å²) in [5.74, 6) is 0.972. The number of hydrogen-bond acceptors (Lipinski definition) is 1. The predicted molar refractivity (Wildman–Crippen MR) is 73.6 cm³/mol. The highest BCUT2D eigenvalue weighted by molar-refractivity contribution is 6.31. The minimum atomic E-state index is 0.789. The maximum Gasteiger partial charge on any atom is 0.137 e. The van der Waals surface area contributed by atoms with Crippen LogP contribution in [-0.2, 0) is 0 Å². The lowest BCUT2D eigenvalue weighted by Gasteiger charge is -2.22. The van der Waals surface area contributed by atoms with Gasteiger partial charge in [0.2, 0.25) is 0 Å². The molecular formula is C14H23ClN2O+2. The van der Waals surface area contributed by atoms with Crippen molar-refractivity contribution in [2.24, 2.45) is 0 Å². The Hall–Kier alpha value is -0.770. The van der Waals surface area contributed by atoms with Gasteiger partial charge in [0, 0.05) is 5.02 Å². The molecule has 2 rings (SSSR count). The Morgan fingerprint density at radius 3 is 2.67 bits per heavy atom. The van der Waals surface area contributed by atoms with E-state index in [1.165, 1.54) is 26.2 Å². The van der Waals surface area contributed by atoms with E-state index in [1.54, 1.807) is 4.90 Å². The second-order valence-corrected chi connectivity index (χ2v) is 5.42. The monoisotopic (exact) mass is 270 g/mol. The number of nitrogens with two attached hydrogens (primary N) is 1. The summed E-state index contributed by atoms with van der Waals surface area (Å²) in [5, 5.41) is 3.20. The van der Waals surface area contributed by atoms with Gasteiger partial charge in [0.1, 0.15) is 45.1 Å². The summed E-state index contributed by atoms with van der Waals surface area (Å²) in [6.07, 6.45) is 0. The fourth-order valence-electron chi connectivity index (χ4n) is 2.36. The standard InChI is InChI=1S/C14H21ClN2O/c1-11-12(2)14(4-3-13(11)15)18-10-9-17-7-5-16-6-8-17/h3-4,16H,5-10H2,1-2H3/p+2. The van der Waals surface area contributed by atoms with Crippen LogP contribution in [0.25, 0.3) is 0 Å². The third-order valence-corrected chi connectivity index (χ3v) is 4.20. The first kappa shape index (κ1) is 13.7. The topological polar surface area (TPSA) is 30.3 Å². The molecule has 100 valence electrons. The van der Waals surface area contributed by atoms with E-state index in [4.69, 9.17) is 16.3 Å². The van der Waals surface area contributed by atoms with Crippen LogP contribution in [0.4, 0.5) is 0 Å². The Balaban J connectivity index is 1.84. The molecule has 0 saturated carbocycles. The number of quaternary nitrogens is 2. The number of halogens is 1. The van der Waals surface area contributed by atoms with Crippen LogP contribution in [0.5, 0.6) is 5.75 Å². The molecule has 18 heavy (non-hydrogen) atoms. The molecule has 0 radical (unpaired) electrons. The molecule has 3 nitrogen and oxygen atoms in total. The Kier molecular flexibility index (Phi) is 4.87. The smallest absolute Gasteiger partial charge is 0.137 e. The molecule has 3 N–H and O–H groups in total. The van der Waals surface area contributed by atoms with Crippen LogP contribution >= 0.6 is 11.6 Å². The van der Waals surface area contributed by atoms with Crippen LogP contribution in [0.2, 0.25) is 5.02 Å². The first-order chi connectivity index (χ1) is 8.68. The van der Waals surface area contributed by atoms with Gasteiger partial charge in [-0.25, -0.2) is 0 Å². The Morgan fingerprint density at radius 2 is 1.94 bits per heavy atom. The quantitative estimate of drug-likeness (QED) is 0.780. The molecule has 0 aromatic heterocycles. The van der Waals surface area contributed by atoms with E-state index in [1.807, 2.05) is 19.1 Å². The summed E-state index contributed by atoms with van der Waals surface area (Å²) in [6.45, 7) is 11.0. The van der Waals surface area contributed by atoms with Crippen molar-refractivity contribution in [1.29, 1.82) is 0 Å². The van der Waals surface area contributed by atoms with Crippen molar-refractivity contribution in [3.05, 3.63) is 28.3 Å². The van der Waals surface area contributed by atoms with Gasteiger partial charge in [-0.1, -0.05) is 11.6 Å². The van der Waals surface area contributed by atoms with Gasteiger partial charge in [-0.3, -0.25) is 0 Å². The zero-order valence-corrected chi connectivity index (χ0v) is 12.0. The first-order valence-electron chi connectivity index (χ1n) is 6.72. The van der Waals surface area contributed by atoms with Crippen LogP contribution in [0.1, 0.15) is 11.1 Å². The van der Waals surface area contributed by atoms with E-state index in [0.29, 0.717) is 0 Å². The molecule has 1 aromatic rings. The predicted octanol–water partition coefficient (Wildman–Crippen LogP) is -0.202. The summed E-state index contributed by atoms with van der Waals surface area (Å²) < 4.78 is 5.89. The SMILES string of the molecule is Cc1c(Cl)ccc(OCC[NH+]2CC[NH2+]CC2)c1C. The van der Waals surface area contributed by atoms with Crippen LogP contribution in [0, 0.1) is 13.8 Å². The Bertz CT molecular complexity index is 403. The maximum atomic E-state index is 6.08. The van der Waals surface area contributed by atoms with Crippen molar-refractivity contribution in [3.8, 4) is 5.75 Å². The summed E-state index contributed by atoms with van der Waals surface area (Å²) in [4.78, 5) is 1.65. The van der Waals surface area contributed by atoms with E-state index in [0.717, 1.165) is 35.1 Å². The molecule has 0 spiro atoms. The number of rotatable bonds is 4. The Labute approximate surface area is 114 Å². The highest BCUT2D eigenvalue weighted by Gasteiger charge is 2.15. The minimum Gasteiger partial charge on any atom is -0.487 e. The summed E-state index contributed by atoms with van der Waals surface area (Å²) >= 11 is 6.08. The van der Waals surface area contributed by atoms with E-state index < -0.39 is 0 Å². The zero-order valence-electron chi connectivity index (χ0n) is 11.3. The van der Waals surface area contributed by atoms with Crippen LogP contribution < -0.4 is 15.0 Å². The van der Waals surface area contributed by atoms with Crippen LogP contribution in [0.15, 0.2) is 12.1 Å². The van der Waals surface area contributed by atoms with Gasteiger partial charge < -0.3 is 15.0 Å². The molecule has 0 unspecified atom stereocenters. The van der Waals surface area contributed by atoms with E-state index in [-0.39, 0.29) is 0 Å². The third kappa shape index (κ3) is 3.37. The molecule has 1 heterocycles. The molecule has 1 aliphatic rings. The number of hydrogen-bond donors (Lipinski definition) is 2. The van der Waals surface area contributed by atoms with Crippen LogP contribution in [-0.4, -0.2) is 39.3 Å². The highest BCUT2D eigenvalue weighted by Crippen LogP contribution is 2.26. The third-order valence-electron chi connectivity index (χ3n) is 3.79. The maximum absolute atomic E-state index is 6.08. The van der Waals surface area contributed by atoms with Crippen molar-refractivity contribution in [2.45, 2.75) is 13.8 Å². The van der Waals surface area contributed by atoms with Gasteiger partial charge >= 0.3 is 0 Å². The zero-order chi connectivity index (χ0) is 13.0. The fourth-order valence-corrected chi connectivity index (χ4v) is 2.56. The molecule has 1 aromatic carbocycles. The average Bonchev–Trinajstić information content (AvgIpc) is 2.40. The number of benzene rings is 1. The van der Waals surface area contributed by atoms with Gasteiger partial charge in [-0.15, -0.1) is 0 Å². The van der Waals surface area contributed by atoms with Crippen molar-refractivity contribution >= 4 is 11.6 Å². The van der Waals surface area contributed by atoms with E-state index >= 15 is 0 Å². The van der Waals surface area contributed by atoms with Gasteiger partial charge in [0.25, 0.3) is 0 Å². The second kappa shape index (κ2) is 6.41. The molecule has 0 atom stereocenters. The Morgan fingerprint density at radius 1 is 1.22 bits per heavy atom. The summed E-state index contributed by atoms with van der Waals surface area (Å²) in [7, 11) is 0. The summed E-state index contributed by atoms with van der Waals surface area (Å²) in [5.41, 5.74) is 2.28. The van der Waals surface area contributed by atoms with Crippen molar-refractivity contribution < 1.29 is 15.0 Å². The van der Waals surface area contributed by atoms with Gasteiger partial charge in [0.05, 0.1) is 0 Å². The van der Waals surface area contributed by atoms with Crippen molar-refractivity contribution in [1.82, 2.24) is 0 Å². The molecule has 1 saturated heterocycles. The van der Waals surface area contributed by atoms with Crippen molar-refractivity contribution in [2.75, 3.05) is 39.3 Å². The molecule has 0 amide bonds. The van der Waals surface area contributed by atoms with Gasteiger partial charge in [0.15, 0.2) is 0 Å².